The molecule has 2 unspecified atom stereocenters. The molecule has 0 spiro atoms. The Kier molecular flexibility index (Phi) is 6.86. The molecule has 2 fully saturated rings. The molecular weight excluding hydrogens is 430 g/mol. The second kappa shape index (κ2) is 9.83. The van der Waals surface area contributed by atoms with Crippen LogP contribution in [0, 0.1) is 0 Å². The summed E-state index contributed by atoms with van der Waals surface area (Å²) in [5.74, 6) is 0.233. The number of aromatic nitrogens is 1. The van der Waals surface area contributed by atoms with E-state index in [9.17, 15) is 14.4 Å². The summed E-state index contributed by atoms with van der Waals surface area (Å²) in [7, 11) is 0. The number of hydrogen-bond acceptors (Lipinski definition) is 6. The zero-order valence-corrected chi connectivity index (χ0v) is 20.0. The molecule has 2 saturated heterocycles. The quantitative estimate of drug-likeness (QED) is 0.516. The van der Waals surface area contributed by atoms with E-state index in [-0.39, 0.29) is 23.8 Å². The minimum Gasteiger partial charge on any atom is -0.382 e. The topological polar surface area (TPSA) is 117 Å². The minimum atomic E-state index is -0.522. The number of ketones is 1. The van der Waals surface area contributed by atoms with Gasteiger partial charge >= 0.3 is 0 Å². The van der Waals surface area contributed by atoms with Gasteiger partial charge in [-0.15, -0.1) is 0 Å². The number of pyridine rings is 1. The van der Waals surface area contributed by atoms with E-state index in [1.165, 1.54) is 0 Å². The third-order valence-electron chi connectivity index (χ3n) is 7.05. The molecule has 2 bridgehead atoms. The molecule has 34 heavy (non-hydrogen) atoms. The van der Waals surface area contributed by atoms with Crippen molar-refractivity contribution in [3.8, 4) is 0 Å². The number of amides is 2. The first-order chi connectivity index (χ1) is 16.3. The number of nitrogens with two attached hydrogens (primary N) is 1. The Bertz CT molecular complexity index is 1070. The Balaban J connectivity index is 1.44. The lowest BCUT2D eigenvalue weighted by molar-refractivity contribution is 0.0924. The van der Waals surface area contributed by atoms with Crippen LogP contribution in [-0.2, 0) is 0 Å². The maximum Gasteiger partial charge on any atom is 0.251 e. The SMILES string of the molecule is CCC(C)Nc1cc(C(=O)NC2C[C@H]3CC[C@@H](C2)N3c2ccc(C(C)=O)cn2)ccc1C(N)=O. The first-order valence-electron chi connectivity index (χ1n) is 12.0. The molecule has 2 aromatic rings. The smallest absolute Gasteiger partial charge is 0.251 e. The van der Waals surface area contributed by atoms with Gasteiger partial charge in [0.2, 0.25) is 0 Å². The highest BCUT2D eigenvalue weighted by Gasteiger charge is 2.41. The predicted octanol–water partition coefficient (Wildman–Crippen LogP) is 3.52. The van der Waals surface area contributed by atoms with Crippen LogP contribution >= 0.6 is 0 Å². The average molecular weight is 464 g/mol. The van der Waals surface area contributed by atoms with Gasteiger partial charge in [0.25, 0.3) is 11.8 Å². The lowest BCUT2D eigenvalue weighted by Gasteiger charge is -2.40. The molecular formula is C26H33N5O3. The summed E-state index contributed by atoms with van der Waals surface area (Å²) in [4.78, 5) is 43.3. The number of benzene rings is 1. The summed E-state index contributed by atoms with van der Waals surface area (Å²) in [5, 5.41) is 6.48. The van der Waals surface area contributed by atoms with Crippen molar-refractivity contribution in [2.75, 3.05) is 10.2 Å². The van der Waals surface area contributed by atoms with Crippen LogP contribution in [0.1, 0.15) is 83.9 Å². The standard InChI is InChI=1S/C26H33N5O3/c1-4-15(2)29-23-11-17(5-9-22(23)25(27)33)26(34)30-19-12-20-7-8-21(13-19)31(20)24-10-6-18(14-28-24)16(3)32/h5-6,9-11,14-15,19-21,29H,4,7-8,12-13H2,1-3H3,(H2,27,33)(H,30,34)/t15?,19?,20-,21+. The van der Waals surface area contributed by atoms with Crippen LogP contribution in [0.3, 0.4) is 0 Å². The van der Waals surface area contributed by atoms with E-state index in [1.807, 2.05) is 26.0 Å². The third kappa shape index (κ3) is 4.90. The van der Waals surface area contributed by atoms with Crippen LogP contribution < -0.4 is 21.3 Å². The number of primary amides is 1. The van der Waals surface area contributed by atoms with E-state index in [2.05, 4.69) is 20.5 Å². The number of anilines is 2. The van der Waals surface area contributed by atoms with Gasteiger partial charge in [-0.3, -0.25) is 14.4 Å². The van der Waals surface area contributed by atoms with Crippen molar-refractivity contribution >= 4 is 29.1 Å². The number of rotatable bonds is 8. The van der Waals surface area contributed by atoms with Gasteiger partial charge in [-0.1, -0.05) is 6.92 Å². The zero-order valence-electron chi connectivity index (χ0n) is 20.0. The predicted molar refractivity (Wildman–Crippen MR) is 132 cm³/mol. The molecule has 0 aliphatic carbocycles. The maximum absolute atomic E-state index is 13.1. The highest BCUT2D eigenvalue weighted by molar-refractivity contribution is 6.02. The van der Waals surface area contributed by atoms with Gasteiger partial charge in [0.05, 0.1) is 5.56 Å². The van der Waals surface area contributed by atoms with E-state index in [4.69, 9.17) is 5.73 Å². The highest BCUT2D eigenvalue weighted by atomic mass is 16.2. The van der Waals surface area contributed by atoms with Crippen molar-refractivity contribution in [2.45, 2.75) is 77.0 Å². The summed E-state index contributed by atoms with van der Waals surface area (Å²) in [6.07, 6.45) is 6.33. The van der Waals surface area contributed by atoms with E-state index in [1.54, 1.807) is 31.3 Å². The van der Waals surface area contributed by atoms with E-state index in [0.29, 0.717) is 34.5 Å². The fourth-order valence-corrected chi connectivity index (χ4v) is 5.07. The van der Waals surface area contributed by atoms with Crippen LogP contribution in [0.4, 0.5) is 11.5 Å². The lowest BCUT2D eigenvalue weighted by atomic mass is 9.96. The van der Waals surface area contributed by atoms with Gasteiger partial charge < -0.3 is 21.3 Å². The Morgan fingerprint density at radius 2 is 1.79 bits per heavy atom. The molecule has 2 aliphatic rings. The van der Waals surface area contributed by atoms with Crippen LogP contribution in [0.5, 0.6) is 0 Å². The molecule has 0 saturated carbocycles. The van der Waals surface area contributed by atoms with Crippen LogP contribution in [0.15, 0.2) is 36.5 Å². The molecule has 4 rings (SSSR count). The second-order valence-corrected chi connectivity index (χ2v) is 9.47. The molecule has 180 valence electrons. The van der Waals surface area contributed by atoms with Crippen LogP contribution in [-0.4, -0.2) is 46.7 Å². The maximum atomic E-state index is 13.1. The molecule has 1 aromatic carbocycles. The average Bonchev–Trinajstić information content (AvgIpc) is 3.08. The normalized spacial score (nSPS) is 22.2. The lowest BCUT2D eigenvalue weighted by Crippen LogP contribution is -2.50. The molecule has 1 aromatic heterocycles. The summed E-state index contributed by atoms with van der Waals surface area (Å²) >= 11 is 0. The summed E-state index contributed by atoms with van der Waals surface area (Å²) < 4.78 is 0. The first-order valence-corrected chi connectivity index (χ1v) is 12.0. The van der Waals surface area contributed by atoms with Gasteiger partial charge in [0.1, 0.15) is 5.82 Å². The molecule has 4 atom stereocenters. The van der Waals surface area contributed by atoms with Crippen molar-refractivity contribution in [1.82, 2.24) is 10.3 Å². The third-order valence-corrected chi connectivity index (χ3v) is 7.05. The highest BCUT2D eigenvalue weighted by Crippen LogP contribution is 2.38. The number of nitrogens with zero attached hydrogens (tertiary/aromatic N) is 2. The first kappa shape index (κ1) is 23.7. The fourth-order valence-electron chi connectivity index (χ4n) is 5.07. The van der Waals surface area contributed by atoms with E-state index >= 15 is 0 Å². The van der Waals surface area contributed by atoms with Gasteiger partial charge in [-0.05, 0) is 76.3 Å². The number of nitrogens with one attached hydrogen (secondary N) is 2. The van der Waals surface area contributed by atoms with Crippen LogP contribution in [0.25, 0.3) is 0 Å². The van der Waals surface area contributed by atoms with Crippen molar-refractivity contribution in [2.24, 2.45) is 5.73 Å². The molecule has 0 radical (unpaired) electrons. The molecule has 8 heteroatoms. The summed E-state index contributed by atoms with van der Waals surface area (Å²) in [6.45, 7) is 5.61. The number of carbonyl (C=O) groups is 3. The number of carbonyl (C=O) groups excluding carboxylic acids is 3. The Labute approximate surface area is 200 Å². The Morgan fingerprint density at radius 1 is 1.12 bits per heavy atom. The van der Waals surface area contributed by atoms with Crippen molar-refractivity contribution in [3.05, 3.63) is 53.2 Å². The molecule has 3 heterocycles. The molecule has 4 N–H and O–H groups in total. The Hall–Kier alpha value is -3.42. The molecule has 2 amide bonds. The number of fused-ring (bicyclic) bond motifs is 2. The largest absolute Gasteiger partial charge is 0.382 e. The summed E-state index contributed by atoms with van der Waals surface area (Å²) in [6, 6.07) is 9.57. The van der Waals surface area contributed by atoms with Crippen molar-refractivity contribution < 1.29 is 14.4 Å². The molecule has 2 aliphatic heterocycles. The van der Waals surface area contributed by atoms with Crippen LogP contribution in [0.2, 0.25) is 0 Å². The zero-order chi connectivity index (χ0) is 24.4. The van der Waals surface area contributed by atoms with E-state index < -0.39 is 5.91 Å². The number of hydrogen-bond donors (Lipinski definition) is 3. The second-order valence-electron chi connectivity index (χ2n) is 9.47. The van der Waals surface area contributed by atoms with Gasteiger partial charge in [0.15, 0.2) is 5.78 Å². The molecule has 8 nitrogen and oxygen atoms in total. The van der Waals surface area contributed by atoms with Crippen molar-refractivity contribution in [3.63, 3.8) is 0 Å². The van der Waals surface area contributed by atoms with Gasteiger partial charge in [0, 0.05) is 47.2 Å². The number of piperidine rings is 1. The number of Topliss-reactive ketones (excluding diaryl/α,β-unsaturated/α-hetero) is 1. The minimum absolute atomic E-state index is 0.00909. The van der Waals surface area contributed by atoms with Crippen molar-refractivity contribution in [1.29, 1.82) is 0 Å². The fraction of sp³-hybridized carbons (Fsp3) is 0.462. The van der Waals surface area contributed by atoms with E-state index in [0.717, 1.165) is 37.9 Å². The monoisotopic (exact) mass is 463 g/mol. The van der Waals surface area contributed by atoms with Gasteiger partial charge in [-0.25, -0.2) is 4.98 Å². The Morgan fingerprint density at radius 3 is 2.35 bits per heavy atom. The summed E-state index contributed by atoms with van der Waals surface area (Å²) in [5.41, 5.74) is 7.61. The van der Waals surface area contributed by atoms with Gasteiger partial charge in [-0.2, -0.15) is 0 Å².